The van der Waals surface area contributed by atoms with Gasteiger partial charge >= 0.3 is 0 Å². The number of carbonyl (C=O) groups excluding carboxylic acids is 2. The lowest BCUT2D eigenvalue weighted by atomic mass is 10.1. The summed E-state index contributed by atoms with van der Waals surface area (Å²) in [5.74, 6) is -0.170. The van der Waals surface area contributed by atoms with Crippen LogP contribution in [0, 0.1) is 5.92 Å². The van der Waals surface area contributed by atoms with Crippen LogP contribution in [0.15, 0.2) is 0 Å². The molecule has 0 aromatic heterocycles. The van der Waals surface area contributed by atoms with Gasteiger partial charge in [0.15, 0.2) is 0 Å². The third-order valence-electron chi connectivity index (χ3n) is 3.06. The van der Waals surface area contributed by atoms with Crippen LogP contribution in [-0.2, 0) is 14.3 Å². The maximum absolute atomic E-state index is 11.5. The van der Waals surface area contributed by atoms with Gasteiger partial charge < -0.3 is 4.74 Å². The summed E-state index contributed by atoms with van der Waals surface area (Å²) in [4.78, 5) is 23.9. The highest BCUT2D eigenvalue weighted by atomic mass is 16.6. The molecule has 3 fully saturated rings. The molecule has 3 rings (SSSR count). The zero-order valence-corrected chi connectivity index (χ0v) is 6.69. The van der Waals surface area contributed by atoms with Crippen molar-refractivity contribution >= 4 is 11.8 Å². The van der Waals surface area contributed by atoms with E-state index < -0.39 is 0 Å². The summed E-state index contributed by atoms with van der Waals surface area (Å²) in [7, 11) is 0. The molecule has 2 saturated heterocycles. The minimum Gasteiger partial charge on any atom is -0.366 e. The normalized spacial score (nSPS) is 48.1. The summed E-state index contributed by atoms with van der Waals surface area (Å²) in [6, 6.07) is 0.0602. The first kappa shape index (κ1) is 6.60. The van der Waals surface area contributed by atoms with E-state index in [1.54, 1.807) is 0 Å². The van der Waals surface area contributed by atoms with Gasteiger partial charge in [0.05, 0.1) is 18.1 Å². The first-order valence-electron chi connectivity index (χ1n) is 4.19. The Balaban J connectivity index is 1.98. The van der Waals surface area contributed by atoms with Crippen molar-refractivity contribution in [1.29, 1.82) is 0 Å². The number of rotatable bonds is 0. The van der Waals surface area contributed by atoms with Gasteiger partial charge in [0.2, 0.25) is 11.8 Å². The number of likely N-dealkylation sites (tertiary alicyclic amines) is 1. The van der Waals surface area contributed by atoms with Gasteiger partial charge in [-0.05, 0) is 6.42 Å². The van der Waals surface area contributed by atoms with Gasteiger partial charge in [-0.25, -0.2) is 0 Å². The van der Waals surface area contributed by atoms with Crippen LogP contribution in [0.3, 0.4) is 0 Å². The Hall–Kier alpha value is -0.900. The molecule has 4 atom stereocenters. The summed E-state index contributed by atoms with van der Waals surface area (Å²) in [6.45, 7) is 1.44. The fourth-order valence-corrected chi connectivity index (χ4v) is 2.52. The summed E-state index contributed by atoms with van der Waals surface area (Å²) < 4.78 is 5.28. The second kappa shape index (κ2) is 1.71. The van der Waals surface area contributed by atoms with Gasteiger partial charge in [-0.15, -0.1) is 0 Å². The molecule has 3 aliphatic rings. The van der Waals surface area contributed by atoms with Crippen LogP contribution in [0.2, 0.25) is 0 Å². The molecule has 0 aromatic carbocycles. The first-order chi connectivity index (χ1) is 5.70. The molecule has 0 aromatic rings. The van der Waals surface area contributed by atoms with E-state index in [4.69, 9.17) is 4.74 Å². The lowest BCUT2D eigenvalue weighted by Crippen LogP contribution is -2.44. The molecule has 4 nitrogen and oxygen atoms in total. The molecule has 2 aliphatic heterocycles. The third-order valence-corrected chi connectivity index (χ3v) is 3.06. The Labute approximate surface area is 69.5 Å². The molecular formula is C8H9NO3. The number of hydrogen-bond donors (Lipinski definition) is 0. The standard InChI is InChI=1S/C8H9NO3/c1-3(10)9-5-2-4(8(9)11)6-7(5)12-6/h4-7H,2H2,1H3/t4-,5+,6+,7-/m0/s1. The van der Waals surface area contributed by atoms with E-state index >= 15 is 0 Å². The highest BCUT2D eigenvalue weighted by molar-refractivity contribution is 5.99. The number of ether oxygens (including phenoxy) is 1. The van der Waals surface area contributed by atoms with Crippen molar-refractivity contribution in [3.8, 4) is 0 Å². The molecule has 1 saturated carbocycles. The fourth-order valence-electron chi connectivity index (χ4n) is 2.52. The molecule has 0 spiro atoms. The number of nitrogens with zero attached hydrogens (tertiary/aromatic N) is 1. The Kier molecular flexibility index (Phi) is 0.942. The molecule has 0 radical (unpaired) electrons. The molecule has 1 aliphatic carbocycles. The number of amides is 2. The van der Waals surface area contributed by atoms with Gasteiger partial charge in [0, 0.05) is 6.92 Å². The van der Waals surface area contributed by atoms with Gasteiger partial charge in [-0.2, -0.15) is 0 Å². The Morgan fingerprint density at radius 2 is 2.33 bits per heavy atom. The van der Waals surface area contributed by atoms with Crippen molar-refractivity contribution in [3.63, 3.8) is 0 Å². The third kappa shape index (κ3) is 0.545. The van der Waals surface area contributed by atoms with Crippen LogP contribution in [0.1, 0.15) is 13.3 Å². The summed E-state index contributed by atoms with van der Waals surface area (Å²) >= 11 is 0. The number of hydrogen-bond acceptors (Lipinski definition) is 3. The predicted octanol–water partition coefficient (Wildman–Crippen LogP) is -0.469. The SMILES string of the molecule is CC(=O)N1C(=O)[C@H]2C[C@@H]1[C@@H]1O[C@@H]12. The Morgan fingerprint density at radius 1 is 1.58 bits per heavy atom. The first-order valence-corrected chi connectivity index (χ1v) is 4.19. The summed E-state index contributed by atoms with van der Waals surface area (Å²) in [5.41, 5.74) is 0. The average Bonchev–Trinajstić information content (AvgIpc) is 2.63. The van der Waals surface area contributed by atoms with Gasteiger partial charge in [0.25, 0.3) is 0 Å². The van der Waals surface area contributed by atoms with E-state index in [1.807, 2.05) is 0 Å². The molecule has 2 bridgehead atoms. The van der Waals surface area contributed by atoms with Gasteiger partial charge in [-0.3, -0.25) is 14.5 Å². The maximum atomic E-state index is 11.5. The number of fused-ring (bicyclic) bond motifs is 5. The van der Waals surface area contributed by atoms with Gasteiger partial charge in [0.1, 0.15) is 6.10 Å². The van der Waals surface area contributed by atoms with Crippen LogP contribution in [0.5, 0.6) is 0 Å². The number of carbonyl (C=O) groups is 2. The monoisotopic (exact) mass is 167 g/mol. The zero-order valence-electron chi connectivity index (χ0n) is 6.69. The smallest absolute Gasteiger partial charge is 0.235 e. The number of epoxide rings is 1. The van der Waals surface area contributed by atoms with E-state index in [2.05, 4.69) is 0 Å². The van der Waals surface area contributed by atoms with Crippen molar-refractivity contribution < 1.29 is 14.3 Å². The largest absolute Gasteiger partial charge is 0.366 e. The summed E-state index contributed by atoms with van der Waals surface area (Å²) in [5, 5.41) is 0. The highest BCUT2D eigenvalue weighted by Crippen LogP contribution is 2.51. The Bertz CT molecular complexity index is 288. The van der Waals surface area contributed by atoms with Crippen LogP contribution in [-0.4, -0.2) is 35.0 Å². The van der Waals surface area contributed by atoms with Crippen LogP contribution in [0.25, 0.3) is 0 Å². The van der Waals surface area contributed by atoms with Crippen molar-refractivity contribution in [2.24, 2.45) is 5.92 Å². The van der Waals surface area contributed by atoms with Crippen LogP contribution >= 0.6 is 0 Å². The number of imide groups is 1. The quantitative estimate of drug-likeness (QED) is 0.458. The van der Waals surface area contributed by atoms with Gasteiger partial charge in [-0.1, -0.05) is 0 Å². The minimum absolute atomic E-state index is 0.0103. The zero-order chi connectivity index (χ0) is 8.46. The topological polar surface area (TPSA) is 49.9 Å². The molecule has 0 unspecified atom stereocenters. The highest BCUT2D eigenvalue weighted by Gasteiger charge is 2.67. The molecule has 12 heavy (non-hydrogen) atoms. The van der Waals surface area contributed by atoms with Crippen molar-refractivity contribution in [3.05, 3.63) is 0 Å². The predicted molar refractivity (Wildman–Crippen MR) is 38.1 cm³/mol. The molecule has 2 amide bonds. The lowest BCUT2D eigenvalue weighted by molar-refractivity contribution is -0.144. The van der Waals surface area contributed by atoms with E-state index in [1.165, 1.54) is 11.8 Å². The summed E-state index contributed by atoms with van der Waals surface area (Å²) in [6.07, 6.45) is 1.16. The number of piperidine rings is 1. The Morgan fingerprint density at radius 3 is 2.92 bits per heavy atom. The van der Waals surface area contributed by atoms with E-state index in [9.17, 15) is 9.59 Å². The second-order valence-corrected chi connectivity index (χ2v) is 3.70. The molecule has 64 valence electrons. The average molecular weight is 167 g/mol. The van der Waals surface area contributed by atoms with Crippen molar-refractivity contribution in [1.82, 2.24) is 4.90 Å². The second-order valence-electron chi connectivity index (χ2n) is 3.70. The van der Waals surface area contributed by atoms with Crippen LogP contribution < -0.4 is 0 Å². The van der Waals surface area contributed by atoms with E-state index in [0.717, 1.165) is 6.42 Å². The maximum Gasteiger partial charge on any atom is 0.235 e. The van der Waals surface area contributed by atoms with Crippen molar-refractivity contribution in [2.45, 2.75) is 31.6 Å². The van der Waals surface area contributed by atoms with E-state index in [0.29, 0.717) is 0 Å². The lowest BCUT2D eigenvalue weighted by Gasteiger charge is -2.20. The van der Waals surface area contributed by atoms with Crippen LogP contribution in [0.4, 0.5) is 0 Å². The minimum atomic E-state index is -0.138. The molecular weight excluding hydrogens is 158 g/mol. The van der Waals surface area contributed by atoms with E-state index in [-0.39, 0.29) is 36.0 Å². The molecule has 4 heteroatoms. The van der Waals surface area contributed by atoms with Crippen molar-refractivity contribution in [2.75, 3.05) is 0 Å². The fraction of sp³-hybridized carbons (Fsp3) is 0.750. The molecule has 2 heterocycles. The molecule has 0 N–H and O–H groups in total.